The van der Waals surface area contributed by atoms with E-state index in [-0.39, 0.29) is 0 Å². The minimum absolute atomic E-state index is 0.737. The van der Waals surface area contributed by atoms with Crippen LogP contribution < -0.4 is 4.74 Å². The zero-order valence-corrected chi connectivity index (χ0v) is 18.7. The number of hydrogen-bond donors (Lipinski definition) is 0. The summed E-state index contributed by atoms with van der Waals surface area (Å²) in [7, 11) is 1.69. The Bertz CT molecular complexity index is 659. The van der Waals surface area contributed by atoms with Crippen LogP contribution in [0.1, 0.15) is 89.5 Å². The highest BCUT2D eigenvalue weighted by Crippen LogP contribution is 2.37. The Labute approximate surface area is 179 Å². The Kier molecular flexibility index (Phi) is 9.20. The van der Waals surface area contributed by atoms with Crippen LogP contribution >= 0.6 is 0 Å². The number of hydrogen-bond acceptors (Lipinski definition) is 1. The van der Waals surface area contributed by atoms with Crippen LogP contribution in [-0.2, 0) is 0 Å². The maximum atomic E-state index is 5.19. The van der Waals surface area contributed by atoms with Crippen LogP contribution in [0.5, 0.6) is 5.75 Å². The van der Waals surface area contributed by atoms with E-state index in [1.807, 2.05) is 24.3 Å². The van der Waals surface area contributed by atoms with E-state index >= 15 is 0 Å². The van der Waals surface area contributed by atoms with Crippen LogP contribution in [-0.4, -0.2) is 7.11 Å². The molecule has 0 saturated heterocycles. The van der Waals surface area contributed by atoms with E-state index in [0.717, 1.165) is 35.0 Å². The van der Waals surface area contributed by atoms with Crippen molar-refractivity contribution in [1.29, 1.82) is 0 Å². The van der Waals surface area contributed by atoms with E-state index in [1.165, 1.54) is 77.0 Å². The number of rotatable bonds is 7. The fourth-order valence-electron chi connectivity index (χ4n) is 5.34. The van der Waals surface area contributed by atoms with Crippen molar-refractivity contribution in [3.05, 3.63) is 42.0 Å². The molecule has 0 aliphatic heterocycles. The molecule has 0 spiro atoms. The number of allylic oxidation sites excluding steroid dienone is 2. The maximum Gasteiger partial charge on any atom is 0.118 e. The average Bonchev–Trinajstić information content (AvgIpc) is 2.78. The van der Waals surface area contributed by atoms with E-state index in [0.29, 0.717) is 0 Å². The van der Waals surface area contributed by atoms with Crippen molar-refractivity contribution < 1.29 is 4.74 Å². The van der Waals surface area contributed by atoms with Gasteiger partial charge in [-0.25, -0.2) is 0 Å². The van der Waals surface area contributed by atoms with E-state index in [9.17, 15) is 0 Å². The third-order valence-electron chi connectivity index (χ3n) is 7.30. The monoisotopic (exact) mass is 392 g/mol. The summed E-state index contributed by atoms with van der Waals surface area (Å²) in [5.74, 6) is 11.1. The second-order valence-electron chi connectivity index (χ2n) is 9.39. The van der Waals surface area contributed by atoms with Gasteiger partial charge in [0.25, 0.3) is 0 Å². The predicted octanol–water partition coefficient (Wildman–Crippen LogP) is 7.80. The topological polar surface area (TPSA) is 9.23 Å². The second kappa shape index (κ2) is 12.1. The molecule has 3 rings (SSSR count). The first-order valence-corrected chi connectivity index (χ1v) is 12.1. The molecule has 0 amide bonds. The van der Waals surface area contributed by atoms with Gasteiger partial charge >= 0.3 is 0 Å². The second-order valence-corrected chi connectivity index (χ2v) is 9.39. The fraction of sp³-hybridized carbons (Fsp3) is 0.643. The van der Waals surface area contributed by atoms with E-state index in [1.54, 1.807) is 7.11 Å². The van der Waals surface area contributed by atoms with Gasteiger partial charge in [-0.2, -0.15) is 0 Å². The van der Waals surface area contributed by atoms with Gasteiger partial charge < -0.3 is 4.74 Å². The molecule has 1 heteroatoms. The van der Waals surface area contributed by atoms with Gasteiger partial charge in [-0.1, -0.05) is 76.2 Å². The molecule has 29 heavy (non-hydrogen) atoms. The molecule has 0 bridgehead atoms. The van der Waals surface area contributed by atoms with Gasteiger partial charge in [0.1, 0.15) is 5.75 Å². The smallest absolute Gasteiger partial charge is 0.118 e. The summed E-state index contributed by atoms with van der Waals surface area (Å²) < 4.78 is 5.19. The molecule has 1 aromatic rings. The minimum atomic E-state index is 0.737. The van der Waals surface area contributed by atoms with Gasteiger partial charge in [-0.05, 0) is 79.7 Å². The summed E-state index contributed by atoms with van der Waals surface area (Å²) in [6, 6.07) is 7.96. The van der Waals surface area contributed by atoms with Crippen molar-refractivity contribution in [1.82, 2.24) is 0 Å². The Balaban J connectivity index is 1.31. The molecular formula is C28H40O. The third-order valence-corrected chi connectivity index (χ3v) is 7.30. The number of methoxy groups -OCH3 is 1. The van der Waals surface area contributed by atoms with E-state index in [2.05, 4.69) is 30.9 Å². The zero-order valence-electron chi connectivity index (χ0n) is 18.7. The predicted molar refractivity (Wildman–Crippen MR) is 124 cm³/mol. The molecule has 158 valence electrons. The quantitative estimate of drug-likeness (QED) is 0.430. The lowest BCUT2D eigenvalue weighted by molar-refractivity contribution is 0.221. The van der Waals surface area contributed by atoms with Gasteiger partial charge in [0, 0.05) is 5.56 Å². The molecule has 2 saturated carbocycles. The highest BCUT2D eigenvalue weighted by molar-refractivity contribution is 5.40. The van der Waals surface area contributed by atoms with Gasteiger partial charge in [-0.15, -0.1) is 0 Å². The molecule has 0 N–H and O–H groups in total. The SMILES string of the molecule is CCCC1CCC(CCC2CCC(/C=C/C#Cc3ccc(OC)cc3)CC2)CC1. The zero-order chi connectivity index (χ0) is 20.3. The molecule has 0 radical (unpaired) electrons. The lowest BCUT2D eigenvalue weighted by atomic mass is 9.75. The first-order valence-electron chi connectivity index (χ1n) is 12.1. The largest absolute Gasteiger partial charge is 0.497 e. The average molecular weight is 393 g/mol. The molecule has 0 aromatic heterocycles. The van der Waals surface area contributed by atoms with E-state index < -0.39 is 0 Å². The van der Waals surface area contributed by atoms with Crippen LogP contribution in [0.15, 0.2) is 36.4 Å². The van der Waals surface area contributed by atoms with Crippen LogP contribution in [0.3, 0.4) is 0 Å². The maximum absolute atomic E-state index is 5.19. The molecule has 0 heterocycles. The third kappa shape index (κ3) is 7.58. The highest BCUT2D eigenvalue weighted by Gasteiger charge is 2.23. The minimum Gasteiger partial charge on any atom is -0.497 e. The summed E-state index contributed by atoms with van der Waals surface area (Å²) >= 11 is 0. The number of benzene rings is 1. The molecule has 0 atom stereocenters. The Morgan fingerprint density at radius 1 is 0.828 bits per heavy atom. The van der Waals surface area contributed by atoms with Crippen LogP contribution in [0.4, 0.5) is 0 Å². The van der Waals surface area contributed by atoms with Crippen molar-refractivity contribution >= 4 is 0 Å². The Morgan fingerprint density at radius 3 is 1.93 bits per heavy atom. The molecule has 2 aliphatic carbocycles. The van der Waals surface area contributed by atoms with Crippen molar-refractivity contribution in [2.75, 3.05) is 7.11 Å². The van der Waals surface area contributed by atoms with Gasteiger partial charge in [0.15, 0.2) is 0 Å². The van der Waals surface area contributed by atoms with Crippen molar-refractivity contribution in [3.63, 3.8) is 0 Å². The molecule has 1 aromatic carbocycles. The molecular weight excluding hydrogens is 352 g/mol. The molecule has 1 nitrogen and oxygen atoms in total. The lowest BCUT2D eigenvalue weighted by Crippen LogP contribution is -2.17. The van der Waals surface area contributed by atoms with Gasteiger partial charge in [-0.3, -0.25) is 0 Å². The molecule has 2 fully saturated rings. The van der Waals surface area contributed by atoms with Crippen LogP contribution in [0, 0.1) is 35.5 Å². The van der Waals surface area contributed by atoms with E-state index in [4.69, 9.17) is 4.74 Å². The first kappa shape index (κ1) is 22.0. The summed E-state index contributed by atoms with van der Waals surface area (Å²) in [5, 5.41) is 0. The Hall–Kier alpha value is -1.68. The van der Waals surface area contributed by atoms with Crippen molar-refractivity contribution in [2.24, 2.45) is 23.7 Å². The lowest BCUT2D eigenvalue weighted by Gasteiger charge is -2.31. The highest BCUT2D eigenvalue weighted by atomic mass is 16.5. The van der Waals surface area contributed by atoms with Crippen molar-refractivity contribution in [2.45, 2.75) is 84.0 Å². The summed E-state index contributed by atoms with van der Waals surface area (Å²) in [6.07, 6.45) is 21.8. The van der Waals surface area contributed by atoms with Gasteiger partial charge in [0.05, 0.1) is 7.11 Å². The Morgan fingerprint density at radius 2 is 1.38 bits per heavy atom. The molecule has 2 aliphatic rings. The summed E-state index contributed by atoms with van der Waals surface area (Å²) in [5.41, 5.74) is 1.04. The number of ether oxygens (including phenoxy) is 1. The summed E-state index contributed by atoms with van der Waals surface area (Å²) in [4.78, 5) is 0. The summed E-state index contributed by atoms with van der Waals surface area (Å²) in [6.45, 7) is 2.34. The standard InChI is InChI=1S/C28H40O/c1-3-6-23-9-13-26(14-10-23)17-18-27-15-11-24(12-16-27)7-4-5-8-25-19-21-28(29-2)22-20-25/h4,7,19-24,26-27H,3,6,9-18H2,1-2H3/b7-4+. The fourth-order valence-corrected chi connectivity index (χ4v) is 5.34. The van der Waals surface area contributed by atoms with Crippen LogP contribution in [0.2, 0.25) is 0 Å². The van der Waals surface area contributed by atoms with Gasteiger partial charge in [0.2, 0.25) is 0 Å². The van der Waals surface area contributed by atoms with Crippen LogP contribution in [0.25, 0.3) is 0 Å². The molecule has 0 unspecified atom stereocenters. The van der Waals surface area contributed by atoms with Crippen molar-refractivity contribution in [3.8, 4) is 17.6 Å². The first-order chi connectivity index (χ1) is 14.3. The normalized spacial score (nSPS) is 27.4.